The number of amides is 1. The first-order valence-corrected chi connectivity index (χ1v) is 9.16. The van der Waals surface area contributed by atoms with Gasteiger partial charge in [-0.2, -0.15) is 18.3 Å². The number of morpholine rings is 1. The molecule has 1 aromatic carbocycles. The highest BCUT2D eigenvalue weighted by atomic mass is 35.5. The Morgan fingerprint density at radius 1 is 1.25 bits per heavy atom. The van der Waals surface area contributed by atoms with Gasteiger partial charge < -0.3 is 10.1 Å². The summed E-state index contributed by atoms with van der Waals surface area (Å²) in [5.41, 5.74) is -0.146. The second-order valence-corrected chi connectivity index (χ2v) is 6.79. The molecule has 0 aliphatic carbocycles. The van der Waals surface area contributed by atoms with Gasteiger partial charge in [0.05, 0.1) is 19.3 Å². The molecule has 1 aliphatic rings. The molecule has 1 N–H and O–H groups in total. The molecule has 0 saturated carbocycles. The van der Waals surface area contributed by atoms with Gasteiger partial charge in [-0.25, -0.2) is 0 Å². The van der Waals surface area contributed by atoms with Crippen LogP contribution in [0.2, 0.25) is 5.02 Å². The number of aromatic nitrogens is 2. The quantitative estimate of drug-likeness (QED) is 0.786. The predicted molar refractivity (Wildman–Crippen MR) is 96.8 cm³/mol. The molecule has 28 heavy (non-hydrogen) atoms. The molecule has 152 valence electrons. The molecule has 1 saturated heterocycles. The maximum Gasteiger partial charge on any atom is 0.435 e. The zero-order valence-electron chi connectivity index (χ0n) is 15.0. The van der Waals surface area contributed by atoms with Crippen molar-refractivity contribution in [3.05, 3.63) is 52.8 Å². The first kappa shape index (κ1) is 20.6. The number of carbonyl (C=O) groups excluding carboxylic acids is 1. The van der Waals surface area contributed by atoms with Gasteiger partial charge in [0.1, 0.15) is 6.54 Å². The van der Waals surface area contributed by atoms with Crippen LogP contribution in [0.4, 0.5) is 13.2 Å². The summed E-state index contributed by atoms with van der Waals surface area (Å²) in [4.78, 5) is 14.4. The Hall–Kier alpha value is -2.10. The molecule has 1 amide bonds. The van der Waals surface area contributed by atoms with Gasteiger partial charge in [0.2, 0.25) is 5.91 Å². The molecule has 1 aromatic heterocycles. The van der Waals surface area contributed by atoms with Crippen molar-refractivity contribution in [3.8, 4) is 0 Å². The van der Waals surface area contributed by atoms with Gasteiger partial charge in [-0.05, 0) is 17.7 Å². The van der Waals surface area contributed by atoms with Crippen LogP contribution < -0.4 is 5.32 Å². The Morgan fingerprint density at radius 3 is 2.61 bits per heavy atom. The lowest BCUT2D eigenvalue weighted by Gasteiger charge is -2.35. The average Bonchev–Trinajstić information content (AvgIpc) is 3.13. The van der Waals surface area contributed by atoms with E-state index in [0.29, 0.717) is 31.3 Å². The van der Waals surface area contributed by atoms with Crippen molar-refractivity contribution in [2.24, 2.45) is 0 Å². The summed E-state index contributed by atoms with van der Waals surface area (Å²) < 4.78 is 44.2. The number of rotatable bonds is 6. The topological polar surface area (TPSA) is 59.4 Å². The van der Waals surface area contributed by atoms with Crippen LogP contribution in [-0.2, 0) is 22.3 Å². The molecule has 2 aromatic rings. The largest absolute Gasteiger partial charge is 0.435 e. The number of halogens is 4. The number of benzene rings is 1. The summed E-state index contributed by atoms with van der Waals surface area (Å²) in [5, 5.41) is 6.77. The van der Waals surface area contributed by atoms with Crippen LogP contribution in [0.25, 0.3) is 0 Å². The number of ether oxygens (including phenoxy) is 1. The van der Waals surface area contributed by atoms with E-state index in [0.717, 1.165) is 22.5 Å². The van der Waals surface area contributed by atoms with Crippen molar-refractivity contribution in [2.75, 3.05) is 32.8 Å². The van der Waals surface area contributed by atoms with Crippen LogP contribution in [0, 0.1) is 0 Å². The summed E-state index contributed by atoms with van der Waals surface area (Å²) in [7, 11) is 0. The molecule has 3 rings (SSSR count). The minimum absolute atomic E-state index is 0.162. The van der Waals surface area contributed by atoms with Crippen LogP contribution in [0.1, 0.15) is 17.3 Å². The second-order valence-electron chi connectivity index (χ2n) is 6.39. The molecular formula is C18H20ClF3N4O2. The monoisotopic (exact) mass is 416 g/mol. The zero-order chi connectivity index (χ0) is 20.1. The second kappa shape index (κ2) is 8.93. The molecule has 10 heteroatoms. The van der Waals surface area contributed by atoms with E-state index in [1.165, 1.54) is 0 Å². The summed E-state index contributed by atoms with van der Waals surface area (Å²) in [6.07, 6.45) is -3.40. The standard InChI is InChI=1S/C18H20ClF3N4O2/c19-14-4-2-1-3-13(14)15(25-7-9-28-10-8-25)11-23-17(27)12-26-6-5-16(24-26)18(20,21)22/h1-6,15H,7-12H2,(H,23,27). The van der Waals surface area contributed by atoms with Crippen molar-refractivity contribution in [1.29, 1.82) is 0 Å². The molecule has 1 fully saturated rings. The Bertz CT molecular complexity index is 806. The lowest BCUT2D eigenvalue weighted by atomic mass is 10.0. The fraction of sp³-hybridized carbons (Fsp3) is 0.444. The lowest BCUT2D eigenvalue weighted by Crippen LogP contribution is -2.44. The third kappa shape index (κ3) is 5.24. The molecule has 1 unspecified atom stereocenters. The van der Waals surface area contributed by atoms with E-state index in [1.807, 2.05) is 18.2 Å². The van der Waals surface area contributed by atoms with Crippen molar-refractivity contribution in [2.45, 2.75) is 18.8 Å². The first-order valence-electron chi connectivity index (χ1n) is 8.78. The summed E-state index contributed by atoms with van der Waals surface area (Å²) in [6.45, 7) is 2.54. The summed E-state index contributed by atoms with van der Waals surface area (Å²) in [5.74, 6) is -0.429. The smallest absolute Gasteiger partial charge is 0.379 e. The van der Waals surface area contributed by atoms with Gasteiger partial charge in [-0.1, -0.05) is 29.8 Å². The highest BCUT2D eigenvalue weighted by molar-refractivity contribution is 6.31. The highest BCUT2D eigenvalue weighted by Gasteiger charge is 2.33. The minimum atomic E-state index is -4.53. The Morgan fingerprint density at radius 2 is 1.96 bits per heavy atom. The summed E-state index contributed by atoms with van der Waals surface area (Å²) >= 11 is 6.34. The van der Waals surface area contributed by atoms with Gasteiger partial charge in [-0.3, -0.25) is 14.4 Å². The zero-order valence-corrected chi connectivity index (χ0v) is 15.7. The van der Waals surface area contributed by atoms with Crippen LogP contribution in [0.3, 0.4) is 0 Å². The molecule has 6 nitrogen and oxygen atoms in total. The van der Waals surface area contributed by atoms with Crippen molar-refractivity contribution < 1.29 is 22.7 Å². The van der Waals surface area contributed by atoms with E-state index in [2.05, 4.69) is 15.3 Å². The van der Waals surface area contributed by atoms with E-state index < -0.39 is 17.8 Å². The molecule has 0 radical (unpaired) electrons. The number of nitrogens with one attached hydrogen (secondary N) is 1. The van der Waals surface area contributed by atoms with Gasteiger partial charge >= 0.3 is 6.18 Å². The number of carbonyl (C=O) groups is 1. The Balaban J connectivity index is 1.65. The van der Waals surface area contributed by atoms with Crippen LogP contribution >= 0.6 is 11.6 Å². The molecule has 0 spiro atoms. The van der Waals surface area contributed by atoms with Crippen molar-refractivity contribution >= 4 is 17.5 Å². The van der Waals surface area contributed by atoms with E-state index in [-0.39, 0.29) is 19.1 Å². The molecule has 0 bridgehead atoms. The predicted octanol–water partition coefficient (Wildman–Crippen LogP) is 2.75. The molecular weight excluding hydrogens is 397 g/mol. The highest BCUT2D eigenvalue weighted by Crippen LogP contribution is 2.28. The number of nitrogens with zero attached hydrogens (tertiary/aromatic N) is 3. The fourth-order valence-electron chi connectivity index (χ4n) is 3.08. The fourth-order valence-corrected chi connectivity index (χ4v) is 3.35. The average molecular weight is 417 g/mol. The first-order chi connectivity index (χ1) is 13.3. The number of hydrogen-bond acceptors (Lipinski definition) is 4. The third-order valence-electron chi connectivity index (χ3n) is 4.48. The Labute approximate surface area is 165 Å². The van der Waals surface area contributed by atoms with Crippen molar-refractivity contribution in [3.63, 3.8) is 0 Å². The van der Waals surface area contributed by atoms with E-state index in [4.69, 9.17) is 16.3 Å². The minimum Gasteiger partial charge on any atom is -0.379 e. The maximum atomic E-state index is 12.6. The van der Waals surface area contributed by atoms with Gasteiger partial charge in [0.25, 0.3) is 0 Å². The summed E-state index contributed by atoms with van der Waals surface area (Å²) in [6, 6.07) is 8.07. The van der Waals surface area contributed by atoms with Crippen molar-refractivity contribution in [1.82, 2.24) is 20.0 Å². The van der Waals surface area contributed by atoms with Gasteiger partial charge in [0.15, 0.2) is 5.69 Å². The van der Waals surface area contributed by atoms with E-state index >= 15 is 0 Å². The SMILES string of the molecule is O=C(Cn1ccc(C(F)(F)F)n1)NCC(c1ccccc1Cl)N1CCOCC1. The van der Waals surface area contributed by atoms with Gasteiger partial charge in [0, 0.05) is 30.9 Å². The van der Waals surface area contributed by atoms with Crippen LogP contribution in [0.5, 0.6) is 0 Å². The molecule has 1 aliphatic heterocycles. The van der Waals surface area contributed by atoms with Crippen LogP contribution in [-0.4, -0.2) is 53.4 Å². The van der Waals surface area contributed by atoms with Gasteiger partial charge in [-0.15, -0.1) is 0 Å². The van der Waals surface area contributed by atoms with Crippen LogP contribution in [0.15, 0.2) is 36.5 Å². The molecule has 1 atom stereocenters. The molecule has 2 heterocycles. The maximum absolute atomic E-state index is 12.6. The lowest BCUT2D eigenvalue weighted by molar-refractivity contribution is -0.141. The van der Waals surface area contributed by atoms with E-state index in [9.17, 15) is 18.0 Å². The normalized spacial score (nSPS) is 16.7. The Kier molecular flexibility index (Phi) is 6.58. The number of alkyl halides is 3. The van der Waals surface area contributed by atoms with E-state index in [1.54, 1.807) is 6.07 Å². The third-order valence-corrected chi connectivity index (χ3v) is 4.82. The number of hydrogen-bond donors (Lipinski definition) is 1.